The van der Waals surface area contributed by atoms with Crippen molar-refractivity contribution in [1.82, 2.24) is 20.9 Å². The molecule has 5 unspecified atom stereocenters. The summed E-state index contributed by atoms with van der Waals surface area (Å²) in [5.74, 6) is -5.02. The van der Waals surface area contributed by atoms with Crippen LogP contribution < -0.4 is 33.2 Å². The topological polar surface area (TPSA) is 268 Å². The first-order valence-electron chi connectivity index (χ1n) is 14.1. The predicted molar refractivity (Wildman–Crippen MR) is 160 cm³/mol. The summed E-state index contributed by atoms with van der Waals surface area (Å²) in [6.45, 7) is 3.72. The Morgan fingerprint density at radius 3 is 2.26 bits per heavy atom. The predicted octanol–water partition coefficient (Wildman–Crippen LogP) is -0.459. The van der Waals surface area contributed by atoms with E-state index < -0.39 is 59.7 Å². The van der Waals surface area contributed by atoms with Crippen LogP contribution in [0, 0.1) is 5.92 Å². The Hall–Kier alpha value is -4.66. The largest absolute Gasteiger partial charge is 0.481 e. The SMILES string of the molecule is CCC(C)C(NC(=O)C(Cc1c[nH]c2ccccc12)NC(=O)C(N)CCC(=O)O)C(=O)NC(CCCN=C(N)N)C(=O)O. The summed E-state index contributed by atoms with van der Waals surface area (Å²) in [5, 5.41) is 27.2. The van der Waals surface area contributed by atoms with Crippen molar-refractivity contribution < 1.29 is 34.2 Å². The second-order valence-corrected chi connectivity index (χ2v) is 10.4. The van der Waals surface area contributed by atoms with Gasteiger partial charge < -0.3 is 48.3 Å². The fraction of sp³-hybridized carbons (Fsp3) is 0.500. The molecule has 1 aromatic heterocycles. The second kappa shape index (κ2) is 16.7. The number of carbonyl (C=O) groups is 5. The van der Waals surface area contributed by atoms with Crippen molar-refractivity contribution in [3.63, 3.8) is 0 Å². The van der Waals surface area contributed by atoms with Crippen LogP contribution in [0.15, 0.2) is 35.5 Å². The summed E-state index contributed by atoms with van der Waals surface area (Å²) < 4.78 is 0. The number of para-hydroxylation sites is 1. The fourth-order valence-corrected chi connectivity index (χ4v) is 4.40. The van der Waals surface area contributed by atoms with Gasteiger partial charge in [-0.15, -0.1) is 0 Å². The number of nitrogens with zero attached hydrogens (tertiary/aromatic N) is 1. The van der Waals surface area contributed by atoms with E-state index >= 15 is 0 Å². The van der Waals surface area contributed by atoms with Gasteiger partial charge in [-0.1, -0.05) is 38.5 Å². The molecule has 2 aromatic rings. The summed E-state index contributed by atoms with van der Waals surface area (Å²) in [6.07, 6.45) is 2.08. The number of aliphatic imine (C=N–C) groups is 1. The summed E-state index contributed by atoms with van der Waals surface area (Å²) in [6, 6.07) is 2.64. The van der Waals surface area contributed by atoms with Crippen molar-refractivity contribution >= 4 is 46.5 Å². The van der Waals surface area contributed by atoms with Crippen molar-refractivity contribution in [3.8, 4) is 0 Å². The van der Waals surface area contributed by atoms with Crippen LogP contribution in [0.2, 0.25) is 0 Å². The molecule has 3 amide bonds. The number of aromatic amines is 1. The van der Waals surface area contributed by atoms with Crippen molar-refractivity contribution in [2.45, 2.75) is 76.5 Å². The van der Waals surface area contributed by atoms with Crippen molar-refractivity contribution in [1.29, 1.82) is 0 Å². The standard InChI is InChI=1S/C28H42N8O7/c1-3-15(2)23(26(41)34-20(27(42)43)9-6-12-32-28(30)31)36-25(40)21(35-24(39)18(29)10-11-22(37)38)13-16-14-33-19-8-5-4-7-17(16)19/h4-5,7-8,14-15,18,20-21,23,33H,3,6,9-13,29H2,1-2H3,(H,34,41)(H,35,39)(H,36,40)(H,37,38)(H,42,43)(H4,30,31,32). The molecule has 0 saturated carbocycles. The lowest BCUT2D eigenvalue weighted by Gasteiger charge is -2.28. The third-order valence-electron chi connectivity index (χ3n) is 7.09. The van der Waals surface area contributed by atoms with Crippen LogP contribution in [0.3, 0.4) is 0 Å². The number of carboxylic acid groups (broad SMARTS) is 2. The molecule has 15 heteroatoms. The van der Waals surface area contributed by atoms with E-state index in [9.17, 15) is 29.1 Å². The average molecular weight is 603 g/mol. The van der Waals surface area contributed by atoms with Crippen LogP contribution >= 0.6 is 0 Å². The van der Waals surface area contributed by atoms with E-state index in [2.05, 4.69) is 25.9 Å². The van der Waals surface area contributed by atoms with Gasteiger partial charge in [-0.3, -0.25) is 24.2 Å². The van der Waals surface area contributed by atoms with Crippen LogP contribution in [-0.4, -0.2) is 81.5 Å². The number of hydrogen-bond donors (Lipinski definition) is 9. The van der Waals surface area contributed by atoms with Gasteiger partial charge in [0, 0.05) is 36.5 Å². The Morgan fingerprint density at radius 1 is 0.953 bits per heavy atom. The molecular formula is C28H42N8O7. The third-order valence-corrected chi connectivity index (χ3v) is 7.09. The minimum Gasteiger partial charge on any atom is -0.481 e. The Kier molecular flexibility index (Phi) is 13.4. The van der Waals surface area contributed by atoms with Crippen LogP contribution in [0.25, 0.3) is 10.9 Å². The lowest BCUT2D eigenvalue weighted by Crippen LogP contribution is -2.59. The summed E-state index contributed by atoms with van der Waals surface area (Å²) in [7, 11) is 0. The Morgan fingerprint density at radius 2 is 1.63 bits per heavy atom. The summed E-state index contributed by atoms with van der Waals surface area (Å²) in [4.78, 5) is 69.5. The van der Waals surface area contributed by atoms with Gasteiger partial charge in [0.2, 0.25) is 17.7 Å². The lowest BCUT2D eigenvalue weighted by atomic mass is 9.96. The smallest absolute Gasteiger partial charge is 0.326 e. The van der Waals surface area contributed by atoms with E-state index in [1.807, 2.05) is 31.2 Å². The number of aliphatic carboxylic acids is 2. The van der Waals surface area contributed by atoms with E-state index in [1.165, 1.54) is 0 Å². The molecule has 43 heavy (non-hydrogen) atoms. The number of rotatable bonds is 18. The van der Waals surface area contributed by atoms with Crippen molar-refractivity contribution in [3.05, 3.63) is 36.0 Å². The maximum atomic E-state index is 13.7. The Balaban J connectivity index is 2.27. The van der Waals surface area contributed by atoms with Gasteiger partial charge in [0.15, 0.2) is 5.96 Å². The molecule has 0 bridgehead atoms. The molecule has 5 atom stereocenters. The van der Waals surface area contributed by atoms with Crippen LogP contribution in [0.1, 0.15) is 51.5 Å². The third kappa shape index (κ3) is 10.9. The first-order valence-corrected chi connectivity index (χ1v) is 14.1. The molecule has 0 radical (unpaired) electrons. The molecule has 0 aliphatic rings. The van der Waals surface area contributed by atoms with Gasteiger partial charge in [-0.05, 0) is 36.8 Å². The summed E-state index contributed by atoms with van der Waals surface area (Å²) in [5.41, 5.74) is 18.0. The summed E-state index contributed by atoms with van der Waals surface area (Å²) >= 11 is 0. The number of fused-ring (bicyclic) bond motifs is 1. The van der Waals surface area contributed by atoms with Crippen LogP contribution in [-0.2, 0) is 30.4 Å². The normalized spacial score (nSPS) is 14.5. The van der Waals surface area contributed by atoms with Gasteiger partial charge in [-0.2, -0.15) is 0 Å². The van der Waals surface area contributed by atoms with Gasteiger partial charge >= 0.3 is 11.9 Å². The molecule has 1 heterocycles. The highest BCUT2D eigenvalue weighted by Gasteiger charge is 2.33. The average Bonchev–Trinajstić information content (AvgIpc) is 3.37. The number of H-pyrrole nitrogens is 1. The number of nitrogens with two attached hydrogens (primary N) is 3. The van der Waals surface area contributed by atoms with Gasteiger partial charge in [0.25, 0.3) is 0 Å². The van der Waals surface area contributed by atoms with Gasteiger partial charge in [0.1, 0.15) is 18.1 Å². The highest BCUT2D eigenvalue weighted by Crippen LogP contribution is 2.20. The van der Waals surface area contributed by atoms with Gasteiger partial charge in [0.05, 0.1) is 6.04 Å². The molecule has 0 aliphatic heterocycles. The fourth-order valence-electron chi connectivity index (χ4n) is 4.40. The number of amides is 3. The van der Waals surface area contributed by atoms with E-state index in [1.54, 1.807) is 13.1 Å². The zero-order valence-electron chi connectivity index (χ0n) is 24.3. The highest BCUT2D eigenvalue weighted by molar-refractivity contribution is 5.95. The highest BCUT2D eigenvalue weighted by atomic mass is 16.4. The monoisotopic (exact) mass is 602 g/mol. The van der Waals surface area contributed by atoms with Crippen molar-refractivity contribution in [2.24, 2.45) is 28.1 Å². The molecule has 0 aliphatic carbocycles. The van der Waals surface area contributed by atoms with E-state index in [-0.39, 0.29) is 44.6 Å². The number of aromatic nitrogens is 1. The first-order chi connectivity index (χ1) is 20.3. The zero-order valence-corrected chi connectivity index (χ0v) is 24.3. The molecule has 15 nitrogen and oxygen atoms in total. The van der Waals surface area contributed by atoms with E-state index in [0.29, 0.717) is 12.0 Å². The minimum atomic E-state index is -1.26. The molecule has 12 N–H and O–H groups in total. The van der Waals surface area contributed by atoms with E-state index in [0.717, 1.165) is 10.9 Å². The number of benzene rings is 1. The molecule has 236 valence electrons. The molecular weight excluding hydrogens is 560 g/mol. The molecule has 2 rings (SSSR count). The lowest BCUT2D eigenvalue weighted by molar-refractivity contribution is -0.143. The zero-order chi connectivity index (χ0) is 32.1. The number of guanidine groups is 1. The van der Waals surface area contributed by atoms with Crippen LogP contribution in [0.5, 0.6) is 0 Å². The molecule has 0 spiro atoms. The number of hydrogen-bond acceptors (Lipinski definition) is 7. The Labute approximate surface area is 249 Å². The number of carboxylic acids is 2. The molecule has 1 aromatic carbocycles. The number of carbonyl (C=O) groups excluding carboxylic acids is 3. The maximum absolute atomic E-state index is 13.7. The van der Waals surface area contributed by atoms with Crippen LogP contribution in [0.4, 0.5) is 0 Å². The molecule has 0 fully saturated rings. The quantitative estimate of drug-likeness (QED) is 0.0602. The molecule has 0 saturated heterocycles. The first kappa shape index (κ1) is 34.5. The van der Waals surface area contributed by atoms with Gasteiger partial charge in [-0.25, -0.2) is 4.79 Å². The van der Waals surface area contributed by atoms with Crippen molar-refractivity contribution in [2.75, 3.05) is 6.54 Å². The second-order valence-electron chi connectivity index (χ2n) is 10.4. The Bertz CT molecular complexity index is 1310. The number of nitrogens with one attached hydrogen (secondary N) is 4. The minimum absolute atomic E-state index is 0.0324. The van der Waals surface area contributed by atoms with E-state index in [4.69, 9.17) is 22.3 Å². The maximum Gasteiger partial charge on any atom is 0.326 e.